The van der Waals surface area contributed by atoms with Crippen LogP contribution in [0.5, 0.6) is 11.5 Å². The zero-order valence-electron chi connectivity index (χ0n) is 14.2. The number of rotatable bonds is 3. The lowest BCUT2D eigenvalue weighted by atomic mass is 9.95. The fourth-order valence-corrected chi connectivity index (χ4v) is 2.55. The maximum absolute atomic E-state index is 12.2. The van der Waals surface area contributed by atoms with Gasteiger partial charge in [0, 0.05) is 29.0 Å². The summed E-state index contributed by atoms with van der Waals surface area (Å²) >= 11 is 0. The number of amides is 1. The van der Waals surface area contributed by atoms with Gasteiger partial charge in [-0.15, -0.1) is 0 Å². The van der Waals surface area contributed by atoms with Crippen LogP contribution in [0.4, 0.5) is 0 Å². The molecule has 0 radical (unpaired) electrons. The summed E-state index contributed by atoms with van der Waals surface area (Å²) in [6.45, 7) is 7.03. The first-order valence-electron chi connectivity index (χ1n) is 8.08. The minimum atomic E-state index is -0.438. The second-order valence-electron chi connectivity index (χ2n) is 6.96. The maximum atomic E-state index is 12.2. The van der Waals surface area contributed by atoms with Crippen LogP contribution in [0.2, 0.25) is 0 Å². The van der Waals surface area contributed by atoms with E-state index in [1.807, 2.05) is 32.9 Å². The molecule has 0 bridgehead atoms. The van der Waals surface area contributed by atoms with Crippen LogP contribution in [0.25, 0.3) is 10.9 Å². The minimum absolute atomic E-state index is 0.0284. The average molecular weight is 330 g/mol. The Bertz CT molecular complexity index is 833. The minimum Gasteiger partial charge on any atom is -0.486 e. The highest BCUT2D eigenvalue weighted by Crippen LogP contribution is 2.33. The van der Waals surface area contributed by atoms with Gasteiger partial charge < -0.3 is 19.8 Å². The Morgan fingerprint density at radius 2 is 1.83 bits per heavy atom. The molecule has 3 rings (SSSR count). The van der Waals surface area contributed by atoms with Crippen molar-refractivity contribution in [2.24, 2.45) is 5.41 Å². The van der Waals surface area contributed by atoms with Crippen molar-refractivity contribution in [3.05, 3.63) is 34.1 Å². The van der Waals surface area contributed by atoms with Crippen molar-refractivity contribution in [1.82, 2.24) is 10.3 Å². The van der Waals surface area contributed by atoms with Crippen molar-refractivity contribution in [3.8, 4) is 11.5 Å². The molecule has 1 aliphatic heterocycles. The summed E-state index contributed by atoms with van der Waals surface area (Å²) in [4.78, 5) is 27.0. The van der Waals surface area contributed by atoms with Crippen LogP contribution in [0, 0.1) is 5.41 Å². The van der Waals surface area contributed by atoms with Crippen molar-refractivity contribution in [1.29, 1.82) is 0 Å². The van der Waals surface area contributed by atoms with E-state index >= 15 is 0 Å². The van der Waals surface area contributed by atoms with Gasteiger partial charge in [-0.2, -0.15) is 0 Å². The zero-order chi connectivity index (χ0) is 17.3. The van der Waals surface area contributed by atoms with Crippen molar-refractivity contribution >= 4 is 16.8 Å². The van der Waals surface area contributed by atoms with Crippen LogP contribution in [-0.2, 0) is 11.2 Å². The predicted molar refractivity (Wildman–Crippen MR) is 91.7 cm³/mol. The number of benzene rings is 1. The summed E-state index contributed by atoms with van der Waals surface area (Å²) < 4.78 is 11.1. The van der Waals surface area contributed by atoms with Crippen molar-refractivity contribution < 1.29 is 14.3 Å². The maximum Gasteiger partial charge on any atom is 0.251 e. The summed E-state index contributed by atoms with van der Waals surface area (Å²) in [5, 5.41) is 3.75. The molecule has 2 aromatic rings. The van der Waals surface area contributed by atoms with Crippen molar-refractivity contribution in [2.75, 3.05) is 19.8 Å². The van der Waals surface area contributed by atoms with Crippen LogP contribution < -0.4 is 20.3 Å². The van der Waals surface area contributed by atoms with Crippen LogP contribution >= 0.6 is 0 Å². The topological polar surface area (TPSA) is 80.4 Å². The molecule has 128 valence electrons. The van der Waals surface area contributed by atoms with E-state index in [1.165, 1.54) is 0 Å². The lowest BCUT2D eigenvalue weighted by Gasteiger charge is -2.19. The molecular weight excluding hydrogens is 308 g/mol. The Balaban J connectivity index is 1.80. The fourth-order valence-electron chi connectivity index (χ4n) is 2.55. The first kappa shape index (κ1) is 16.4. The summed E-state index contributed by atoms with van der Waals surface area (Å²) in [5.41, 5.74) is 0.760. The number of carbonyl (C=O) groups is 1. The number of H-pyrrole nitrogens is 1. The van der Waals surface area contributed by atoms with Crippen LogP contribution in [0.15, 0.2) is 23.0 Å². The first-order valence-corrected chi connectivity index (χ1v) is 8.08. The molecule has 1 aliphatic rings. The fraction of sp³-hybridized carbons (Fsp3) is 0.444. The van der Waals surface area contributed by atoms with Gasteiger partial charge >= 0.3 is 0 Å². The molecule has 24 heavy (non-hydrogen) atoms. The highest BCUT2D eigenvalue weighted by molar-refractivity contribution is 5.83. The zero-order valence-corrected chi connectivity index (χ0v) is 14.2. The molecule has 6 nitrogen and oxygen atoms in total. The SMILES string of the molecule is CC(C)(C)C(=O)NCCc1cc2cc3c(cc2[nH]c1=O)OCCO3. The molecule has 0 spiro atoms. The molecule has 1 aromatic carbocycles. The lowest BCUT2D eigenvalue weighted by molar-refractivity contribution is -0.128. The number of nitrogens with one attached hydrogen (secondary N) is 2. The van der Waals surface area contributed by atoms with E-state index < -0.39 is 5.41 Å². The third kappa shape index (κ3) is 3.37. The van der Waals surface area contributed by atoms with E-state index in [2.05, 4.69) is 10.3 Å². The standard InChI is InChI=1S/C18H22N2O4/c1-18(2,3)17(22)19-5-4-11-8-12-9-14-15(24-7-6-23-14)10-13(12)20-16(11)21/h8-10H,4-7H2,1-3H3,(H,19,22)(H,20,21). The van der Waals surface area contributed by atoms with Crippen LogP contribution in [0.1, 0.15) is 26.3 Å². The van der Waals surface area contributed by atoms with Crippen molar-refractivity contribution in [2.45, 2.75) is 27.2 Å². The number of carbonyl (C=O) groups excluding carboxylic acids is 1. The molecule has 0 saturated heterocycles. The Morgan fingerprint density at radius 3 is 2.50 bits per heavy atom. The number of hydrogen-bond acceptors (Lipinski definition) is 4. The highest BCUT2D eigenvalue weighted by atomic mass is 16.6. The van der Waals surface area contributed by atoms with Crippen LogP contribution in [-0.4, -0.2) is 30.6 Å². The van der Waals surface area contributed by atoms with Crippen molar-refractivity contribution in [3.63, 3.8) is 0 Å². The Hall–Kier alpha value is -2.50. The summed E-state index contributed by atoms with van der Waals surface area (Å²) in [6, 6.07) is 5.50. The molecule has 0 unspecified atom stereocenters. The van der Waals surface area contributed by atoms with Gasteiger partial charge in [0.1, 0.15) is 13.2 Å². The Morgan fingerprint density at radius 1 is 1.17 bits per heavy atom. The molecule has 0 saturated carbocycles. The molecule has 0 atom stereocenters. The van der Waals surface area contributed by atoms with Gasteiger partial charge in [-0.1, -0.05) is 20.8 Å². The molecule has 2 N–H and O–H groups in total. The number of pyridine rings is 1. The number of aromatic amines is 1. The second-order valence-corrected chi connectivity index (χ2v) is 6.96. The van der Waals surface area contributed by atoms with Gasteiger partial charge in [0.25, 0.3) is 5.56 Å². The van der Waals surface area contributed by atoms with Gasteiger partial charge in [0.2, 0.25) is 5.91 Å². The smallest absolute Gasteiger partial charge is 0.251 e. The highest BCUT2D eigenvalue weighted by Gasteiger charge is 2.20. The number of ether oxygens (including phenoxy) is 2. The normalized spacial score (nSPS) is 13.8. The number of aromatic nitrogens is 1. The molecular formula is C18H22N2O4. The van der Waals surface area contributed by atoms with Gasteiger partial charge in [0.15, 0.2) is 11.5 Å². The Kier molecular flexibility index (Phi) is 4.22. The molecule has 1 aromatic heterocycles. The predicted octanol–water partition coefficient (Wildman–Crippen LogP) is 2.00. The first-order chi connectivity index (χ1) is 11.3. The van der Waals surface area contributed by atoms with Gasteiger partial charge in [0.05, 0.1) is 5.52 Å². The summed E-state index contributed by atoms with van der Waals surface area (Å²) in [6.07, 6.45) is 0.474. The van der Waals surface area contributed by atoms with E-state index in [1.54, 1.807) is 6.07 Å². The van der Waals surface area contributed by atoms with E-state index in [0.29, 0.717) is 48.8 Å². The van der Waals surface area contributed by atoms with E-state index in [9.17, 15) is 9.59 Å². The van der Waals surface area contributed by atoms with E-state index in [0.717, 1.165) is 5.39 Å². The van der Waals surface area contributed by atoms with Gasteiger partial charge in [-0.25, -0.2) is 0 Å². The van der Waals surface area contributed by atoms with Gasteiger partial charge in [-0.3, -0.25) is 9.59 Å². The molecule has 2 heterocycles. The lowest BCUT2D eigenvalue weighted by Crippen LogP contribution is -2.36. The summed E-state index contributed by atoms with van der Waals surface area (Å²) in [5.74, 6) is 1.31. The third-order valence-corrected chi connectivity index (χ3v) is 3.95. The molecule has 0 fully saturated rings. The average Bonchev–Trinajstić information content (AvgIpc) is 2.52. The van der Waals surface area contributed by atoms with Crippen LogP contribution in [0.3, 0.4) is 0 Å². The number of fused-ring (bicyclic) bond motifs is 2. The third-order valence-electron chi connectivity index (χ3n) is 3.95. The second kappa shape index (κ2) is 6.19. The monoisotopic (exact) mass is 330 g/mol. The molecule has 0 aliphatic carbocycles. The molecule has 6 heteroatoms. The quantitative estimate of drug-likeness (QED) is 0.902. The van der Waals surface area contributed by atoms with E-state index in [4.69, 9.17) is 9.47 Å². The largest absolute Gasteiger partial charge is 0.486 e. The summed E-state index contributed by atoms with van der Waals surface area (Å²) in [7, 11) is 0. The number of hydrogen-bond donors (Lipinski definition) is 2. The van der Waals surface area contributed by atoms with E-state index in [-0.39, 0.29) is 11.5 Å². The Labute approximate surface area is 140 Å². The van der Waals surface area contributed by atoms with Gasteiger partial charge in [-0.05, 0) is 18.6 Å². The molecule has 1 amide bonds.